The van der Waals surface area contributed by atoms with Crippen molar-refractivity contribution in [1.29, 1.82) is 5.26 Å². The van der Waals surface area contributed by atoms with Gasteiger partial charge in [0, 0.05) is 12.2 Å². The SMILES string of the molecule is Cc1ccc(N(CCC#N)C(=O)CSc2nnnn2-c2ccccc2C)cc1. The molecule has 0 aliphatic heterocycles. The first-order valence-electron chi connectivity index (χ1n) is 8.81. The zero-order valence-electron chi connectivity index (χ0n) is 15.7. The summed E-state index contributed by atoms with van der Waals surface area (Å²) in [7, 11) is 0. The molecule has 2 aromatic carbocycles. The molecular formula is C20H20N6OS. The molecule has 0 aliphatic rings. The number of benzene rings is 2. The van der Waals surface area contributed by atoms with Crippen LogP contribution in [-0.2, 0) is 4.79 Å². The summed E-state index contributed by atoms with van der Waals surface area (Å²) < 4.78 is 1.64. The average Bonchev–Trinajstić information content (AvgIpc) is 3.16. The van der Waals surface area contributed by atoms with Crippen molar-refractivity contribution in [1.82, 2.24) is 20.2 Å². The van der Waals surface area contributed by atoms with Crippen LogP contribution >= 0.6 is 11.8 Å². The van der Waals surface area contributed by atoms with Crippen LogP contribution in [0.1, 0.15) is 17.5 Å². The Morgan fingerprint density at radius 3 is 2.64 bits per heavy atom. The maximum Gasteiger partial charge on any atom is 0.237 e. The second-order valence-corrected chi connectivity index (χ2v) is 7.18. The van der Waals surface area contributed by atoms with Gasteiger partial charge in [-0.2, -0.15) is 9.94 Å². The van der Waals surface area contributed by atoms with E-state index in [2.05, 4.69) is 21.6 Å². The number of rotatable bonds is 7. The fourth-order valence-electron chi connectivity index (χ4n) is 2.71. The van der Waals surface area contributed by atoms with E-state index in [9.17, 15) is 4.79 Å². The molecule has 3 rings (SSSR count). The molecule has 0 saturated heterocycles. The number of nitrogens with zero attached hydrogens (tertiary/aromatic N) is 6. The van der Waals surface area contributed by atoms with Crippen LogP contribution < -0.4 is 4.90 Å². The lowest BCUT2D eigenvalue weighted by Crippen LogP contribution is -2.33. The van der Waals surface area contributed by atoms with Gasteiger partial charge in [-0.15, -0.1) is 5.10 Å². The topological polar surface area (TPSA) is 87.7 Å². The summed E-state index contributed by atoms with van der Waals surface area (Å²) in [4.78, 5) is 14.5. The van der Waals surface area contributed by atoms with E-state index in [-0.39, 0.29) is 18.1 Å². The molecule has 0 atom stereocenters. The molecule has 0 spiro atoms. The summed E-state index contributed by atoms with van der Waals surface area (Å²) in [5.74, 6) is 0.0781. The molecule has 1 amide bonds. The first-order chi connectivity index (χ1) is 13.6. The van der Waals surface area contributed by atoms with E-state index in [1.165, 1.54) is 11.8 Å². The zero-order valence-corrected chi connectivity index (χ0v) is 16.6. The minimum atomic E-state index is -0.0940. The Morgan fingerprint density at radius 1 is 1.18 bits per heavy atom. The predicted molar refractivity (Wildman–Crippen MR) is 108 cm³/mol. The largest absolute Gasteiger partial charge is 0.311 e. The second kappa shape index (κ2) is 9.15. The molecule has 7 nitrogen and oxygen atoms in total. The number of hydrogen-bond donors (Lipinski definition) is 0. The summed E-state index contributed by atoms with van der Waals surface area (Å²) in [6.45, 7) is 4.33. The van der Waals surface area contributed by atoms with Crippen LogP contribution in [0, 0.1) is 25.2 Å². The molecule has 0 saturated carbocycles. The van der Waals surface area contributed by atoms with E-state index in [4.69, 9.17) is 5.26 Å². The molecule has 28 heavy (non-hydrogen) atoms. The second-order valence-electron chi connectivity index (χ2n) is 6.24. The monoisotopic (exact) mass is 392 g/mol. The molecule has 0 aliphatic carbocycles. The summed E-state index contributed by atoms with van der Waals surface area (Å²) in [6.07, 6.45) is 0.269. The Morgan fingerprint density at radius 2 is 1.93 bits per heavy atom. The van der Waals surface area contributed by atoms with Crippen molar-refractivity contribution in [2.24, 2.45) is 0 Å². The quantitative estimate of drug-likeness (QED) is 0.573. The molecule has 1 aromatic heterocycles. The summed E-state index contributed by atoms with van der Waals surface area (Å²) in [5, 5.41) is 21.3. The Kier molecular flexibility index (Phi) is 6.40. The van der Waals surface area contributed by atoms with E-state index in [0.717, 1.165) is 22.5 Å². The number of carbonyl (C=O) groups is 1. The van der Waals surface area contributed by atoms with E-state index < -0.39 is 0 Å². The standard InChI is InChI=1S/C20H20N6OS/c1-15-8-10-17(11-9-15)25(13-5-12-21)19(27)14-28-20-22-23-24-26(20)18-7-4-3-6-16(18)2/h3-4,6-11H,5,13-14H2,1-2H3. The van der Waals surface area contributed by atoms with Gasteiger partial charge in [0.25, 0.3) is 0 Å². The van der Waals surface area contributed by atoms with Crippen LogP contribution in [0.3, 0.4) is 0 Å². The fourth-order valence-corrected chi connectivity index (χ4v) is 3.47. The van der Waals surface area contributed by atoms with Crippen LogP contribution in [0.4, 0.5) is 5.69 Å². The van der Waals surface area contributed by atoms with Crippen LogP contribution in [0.5, 0.6) is 0 Å². The van der Waals surface area contributed by atoms with Gasteiger partial charge in [0.1, 0.15) is 0 Å². The van der Waals surface area contributed by atoms with Crippen molar-refractivity contribution >= 4 is 23.4 Å². The van der Waals surface area contributed by atoms with Crippen LogP contribution in [-0.4, -0.2) is 38.4 Å². The van der Waals surface area contributed by atoms with Crippen molar-refractivity contribution in [3.8, 4) is 11.8 Å². The number of para-hydroxylation sites is 1. The highest BCUT2D eigenvalue weighted by Gasteiger charge is 2.18. The lowest BCUT2D eigenvalue weighted by atomic mass is 10.2. The number of carbonyl (C=O) groups excluding carboxylic acids is 1. The third-order valence-electron chi connectivity index (χ3n) is 4.20. The first-order valence-corrected chi connectivity index (χ1v) is 9.80. The summed E-state index contributed by atoms with van der Waals surface area (Å²) in [5.41, 5.74) is 3.81. The molecule has 3 aromatic rings. The fraction of sp³-hybridized carbons (Fsp3) is 0.250. The number of nitriles is 1. The molecule has 8 heteroatoms. The lowest BCUT2D eigenvalue weighted by Gasteiger charge is -2.21. The minimum absolute atomic E-state index is 0.0940. The molecule has 0 unspecified atom stereocenters. The maximum atomic E-state index is 12.9. The number of aromatic nitrogens is 4. The van der Waals surface area contributed by atoms with Crippen LogP contribution in [0.25, 0.3) is 5.69 Å². The number of hydrogen-bond acceptors (Lipinski definition) is 6. The maximum absolute atomic E-state index is 12.9. The van der Waals surface area contributed by atoms with Gasteiger partial charge in [-0.05, 0) is 48.0 Å². The number of thioether (sulfide) groups is 1. The number of amides is 1. The highest BCUT2D eigenvalue weighted by molar-refractivity contribution is 7.99. The Hall–Kier alpha value is -3.18. The Balaban J connectivity index is 1.75. The van der Waals surface area contributed by atoms with Gasteiger partial charge in [-0.3, -0.25) is 4.79 Å². The molecule has 0 fully saturated rings. The third kappa shape index (κ3) is 4.56. The van der Waals surface area contributed by atoms with E-state index in [0.29, 0.717) is 11.7 Å². The van der Waals surface area contributed by atoms with E-state index in [1.807, 2.05) is 62.4 Å². The smallest absolute Gasteiger partial charge is 0.237 e. The highest BCUT2D eigenvalue weighted by atomic mass is 32.2. The average molecular weight is 392 g/mol. The van der Waals surface area contributed by atoms with Crippen molar-refractivity contribution < 1.29 is 4.79 Å². The summed E-state index contributed by atoms with van der Waals surface area (Å²) in [6, 6.07) is 17.6. The first kappa shape index (κ1) is 19.6. The van der Waals surface area contributed by atoms with Gasteiger partial charge < -0.3 is 4.90 Å². The van der Waals surface area contributed by atoms with Gasteiger partial charge >= 0.3 is 0 Å². The van der Waals surface area contributed by atoms with Gasteiger partial charge in [0.05, 0.1) is 23.9 Å². The van der Waals surface area contributed by atoms with Gasteiger partial charge in [-0.1, -0.05) is 47.7 Å². The number of tetrazole rings is 1. The lowest BCUT2D eigenvalue weighted by molar-refractivity contribution is -0.116. The van der Waals surface area contributed by atoms with Crippen molar-refractivity contribution in [2.75, 3.05) is 17.2 Å². The molecule has 0 N–H and O–H groups in total. The number of anilines is 1. The van der Waals surface area contributed by atoms with Gasteiger partial charge in [0.15, 0.2) is 0 Å². The highest BCUT2D eigenvalue weighted by Crippen LogP contribution is 2.22. The van der Waals surface area contributed by atoms with Crippen molar-refractivity contribution in [3.05, 3.63) is 59.7 Å². The Bertz CT molecular complexity index is 992. The van der Waals surface area contributed by atoms with E-state index in [1.54, 1.807) is 9.58 Å². The number of aryl methyl sites for hydroxylation is 2. The van der Waals surface area contributed by atoms with Crippen molar-refractivity contribution in [3.63, 3.8) is 0 Å². The van der Waals surface area contributed by atoms with Crippen LogP contribution in [0.15, 0.2) is 53.7 Å². The van der Waals surface area contributed by atoms with E-state index >= 15 is 0 Å². The Labute approximate surface area is 168 Å². The molecule has 0 radical (unpaired) electrons. The molecule has 142 valence electrons. The normalized spacial score (nSPS) is 10.5. The summed E-state index contributed by atoms with van der Waals surface area (Å²) >= 11 is 1.28. The third-order valence-corrected chi connectivity index (χ3v) is 5.11. The predicted octanol–water partition coefficient (Wildman–Crippen LogP) is 3.32. The minimum Gasteiger partial charge on any atom is -0.311 e. The zero-order chi connectivity index (χ0) is 19.9. The van der Waals surface area contributed by atoms with Gasteiger partial charge in [0.2, 0.25) is 11.1 Å². The molecule has 0 bridgehead atoms. The molecule has 1 heterocycles. The van der Waals surface area contributed by atoms with Crippen LogP contribution in [0.2, 0.25) is 0 Å². The van der Waals surface area contributed by atoms with Crippen molar-refractivity contribution in [2.45, 2.75) is 25.4 Å². The molecular weight excluding hydrogens is 372 g/mol. The van der Waals surface area contributed by atoms with Gasteiger partial charge in [-0.25, -0.2) is 0 Å².